The van der Waals surface area contributed by atoms with Gasteiger partial charge in [-0.25, -0.2) is 0 Å². The number of aryl methyl sites for hydroxylation is 1. The molecular formula is C13H12F3NO2S2. The Kier molecular flexibility index (Phi) is 4.70. The van der Waals surface area contributed by atoms with Crippen LogP contribution >= 0.6 is 22.7 Å². The third kappa shape index (κ3) is 3.45. The third-order valence-corrected chi connectivity index (χ3v) is 4.79. The molecular weight excluding hydrogens is 323 g/mol. The molecule has 1 unspecified atom stereocenters. The summed E-state index contributed by atoms with van der Waals surface area (Å²) in [6.45, 7) is 1.44. The molecule has 0 radical (unpaired) electrons. The quantitative estimate of drug-likeness (QED) is 0.897. The van der Waals surface area contributed by atoms with Crippen molar-refractivity contribution in [1.82, 2.24) is 5.32 Å². The minimum absolute atomic E-state index is 0.376. The summed E-state index contributed by atoms with van der Waals surface area (Å²) in [5, 5.41) is 15.7. The zero-order valence-electron chi connectivity index (χ0n) is 10.9. The van der Waals surface area contributed by atoms with Crippen molar-refractivity contribution in [3.63, 3.8) is 0 Å². The number of thiophene rings is 2. The zero-order chi connectivity index (χ0) is 15.6. The molecule has 0 aliphatic heterocycles. The van der Waals surface area contributed by atoms with Crippen LogP contribution < -0.4 is 5.32 Å². The van der Waals surface area contributed by atoms with E-state index in [-0.39, 0.29) is 6.61 Å². The maximum Gasteiger partial charge on any atom is 0.417 e. The van der Waals surface area contributed by atoms with Gasteiger partial charge in [-0.3, -0.25) is 4.79 Å². The van der Waals surface area contributed by atoms with Gasteiger partial charge in [0.25, 0.3) is 5.91 Å². The van der Waals surface area contributed by atoms with Gasteiger partial charge in [0.2, 0.25) is 0 Å². The maximum absolute atomic E-state index is 12.8. The molecule has 0 fully saturated rings. The highest BCUT2D eigenvalue weighted by Gasteiger charge is 2.36. The molecule has 0 aliphatic rings. The molecule has 0 aromatic carbocycles. The maximum atomic E-state index is 12.8. The topological polar surface area (TPSA) is 49.3 Å². The zero-order valence-corrected chi connectivity index (χ0v) is 12.5. The highest BCUT2D eigenvalue weighted by molar-refractivity contribution is 7.10. The Balaban J connectivity index is 2.22. The lowest BCUT2D eigenvalue weighted by Gasteiger charge is -2.16. The fraction of sp³-hybridized carbons (Fsp3) is 0.308. The molecule has 3 nitrogen and oxygen atoms in total. The van der Waals surface area contributed by atoms with Crippen LogP contribution in [0, 0.1) is 6.92 Å². The van der Waals surface area contributed by atoms with Crippen molar-refractivity contribution < 1.29 is 23.1 Å². The minimum Gasteiger partial charge on any atom is -0.394 e. The molecule has 21 heavy (non-hydrogen) atoms. The van der Waals surface area contributed by atoms with E-state index in [4.69, 9.17) is 0 Å². The molecule has 2 heterocycles. The molecule has 2 aromatic heterocycles. The van der Waals surface area contributed by atoms with E-state index in [0.29, 0.717) is 0 Å². The monoisotopic (exact) mass is 335 g/mol. The van der Waals surface area contributed by atoms with Crippen molar-refractivity contribution in [3.05, 3.63) is 43.8 Å². The molecule has 0 spiro atoms. The lowest BCUT2D eigenvalue weighted by Crippen LogP contribution is -2.31. The average Bonchev–Trinajstić information content (AvgIpc) is 3.03. The predicted octanol–water partition coefficient (Wildman–Crippen LogP) is 3.60. The molecule has 1 atom stereocenters. The number of hydrogen-bond donors (Lipinski definition) is 2. The highest BCUT2D eigenvalue weighted by atomic mass is 32.1. The van der Waals surface area contributed by atoms with Crippen molar-refractivity contribution >= 4 is 28.6 Å². The summed E-state index contributed by atoms with van der Waals surface area (Å²) in [6.07, 6.45) is -4.57. The number of aliphatic hydroxyl groups excluding tert-OH is 1. The van der Waals surface area contributed by atoms with Crippen molar-refractivity contribution in [2.24, 2.45) is 0 Å². The van der Waals surface area contributed by atoms with Crippen LogP contribution in [0.25, 0.3) is 0 Å². The first kappa shape index (κ1) is 16.0. The summed E-state index contributed by atoms with van der Waals surface area (Å²) in [4.78, 5) is 12.8. The fourth-order valence-corrected chi connectivity index (χ4v) is 3.67. The Labute approximate surface area is 127 Å². The molecule has 1 amide bonds. The molecule has 2 rings (SSSR count). The van der Waals surface area contributed by atoms with Gasteiger partial charge in [0.1, 0.15) is 0 Å². The van der Waals surface area contributed by atoms with Crippen LogP contribution in [0.4, 0.5) is 13.2 Å². The molecule has 0 saturated carbocycles. The van der Waals surface area contributed by atoms with E-state index in [9.17, 15) is 23.1 Å². The van der Waals surface area contributed by atoms with Gasteiger partial charge in [0.05, 0.1) is 23.8 Å². The lowest BCUT2D eigenvalue weighted by molar-refractivity contribution is -0.137. The Morgan fingerprint density at radius 1 is 1.43 bits per heavy atom. The van der Waals surface area contributed by atoms with Crippen LogP contribution in [0.1, 0.15) is 32.4 Å². The van der Waals surface area contributed by atoms with Crippen molar-refractivity contribution in [2.75, 3.05) is 6.61 Å². The van der Waals surface area contributed by atoms with Crippen LogP contribution in [-0.2, 0) is 6.18 Å². The third-order valence-electron chi connectivity index (χ3n) is 2.92. The van der Waals surface area contributed by atoms with E-state index in [0.717, 1.165) is 32.5 Å². The van der Waals surface area contributed by atoms with Crippen molar-refractivity contribution in [2.45, 2.75) is 19.1 Å². The summed E-state index contributed by atoms with van der Waals surface area (Å²) in [5.74, 6) is -0.838. The molecule has 2 aromatic rings. The normalized spacial score (nSPS) is 13.2. The first-order valence-corrected chi connectivity index (χ1v) is 7.76. The number of carbonyl (C=O) groups excluding carboxylic acids is 1. The molecule has 2 N–H and O–H groups in total. The van der Waals surface area contributed by atoms with Gasteiger partial charge in [-0.15, -0.1) is 11.3 Å². The van der Waals surface area contributed by atoms with Crippen LogP contribution in [0.15, 0.2) is 22.2 Å². The highest BCUT2D eigenvalue weighted by Crippen LogP contribution is 2.34. The van der Waals surface area contributed by atoms with Gasteiger partial charge in [0.15, 0.2) is 0 Å². The molecule has 0 aliphatic carbocycles. The second-order valence-electron chi connectivity index (χ2n) is 4.37. The van der Waals surface area contributed by atoms with E-state index in [1.165, 1.54) is 11.3 Å². The minimum atomic E-state index is -4.57. The summed E-state index contributed by atoms with van der Waals surface area (Å²) < 4.78 is 38.3. The first-order valence-electron chi connectivity index (χ1n) is 5.93. The summed E-state index contributed by atoms with van der Waals surface area (Å²) in [6, 6.07) is 1.11. The second kappa shape index (κ2) is 6.17. The molecule has 0 bridgehead atoms. The van der Waals surface area contributed by atoms with Crippen molar-refractivity contribution in [3.8, 4) is 0 Å². The average molecular weight is 335 g/mol. The van der Waals surface area contributed by atoms with Gasteiger partial charge in [-0.05, 0) is 23.9 Å². The lowest BCUT2D eigenvalue weighted by atomic mass is 10.1. The summed E-state index contributed by atoms with van der Waals surface area (Å²) in [7, 11) is 0. The van der Waals surface area contributed by atoms with E-state index < -0.39 is 29.3 Å². The summed E-state index contributed by atoms with van der Waals surface area (Å²) in [5.41, 5.74) is -0.495. The summed E-state index contributed by atoms with van der Waals surface area (Å²) >= 11 is 2.15. The van der Waals surface area contributed by atoms with Gasteiger partial charge >= 0.3 is 6.18 Å². The number of aliphatic hydroxyl groups is 1. The smallest absolute Gasteiger partial charge is 0.394 e. The van der Waals surface area contributed by atoms with Crippen molar-refractivity contribution in [1.29, 1.82) is 0 Å². The fourth-order valence-electron chi connectivity index (χ4n) is 1.86. The molecule has 0 saturated heterocycles. The Morgan fingerprint density at radius 2 is 2.14 bits per heavy atom. The number of nitrogens with one attached hydrogen (secondary N) is 1. The first-order chi connectivity index (χ1) is 9.84. The second-order valence-corrected chi connectivity index (χ2v) is 6.06. The van der Waals surface area contributed by atoms with Gasteiger partial charge < -0.3 is 10.4 Å². The SMILES string of the molecule is Cc1ccsc1C(CO)NC(=O)c1cscc1C(F)(F)F. The number of halogens is 3. The number of hydrogen-bond acceptors (Lipinski definition) is 4. The number of carbonyl (C=O) groups is 1. The van der Waals surface area contributed by atoms with Crippen LogP contribution in [-0.4, -0.2) is 17.6 Å². The number of rotatable bonds is 4. The van der Waals surface area contributed by atoms with Crippen LogP contribution in [0.5, 0.6) is 0 Å². The molecule has 114 valence electrons. The van der Waals surface area contributed by atoms with E-state index in [1.807, 2.05) is 13.0 Å². The van der Waals surface area contributed by atoms with Gasteiger partial charge in [0, 0.05) is 15.6 Å². The van der Waals surface area contributed by atoms with Gasteiger partial charge in [-0.1, -0.05) is 0 Å². The largest absolute Gasteiger partial charge is 0.417 e. The van der Waals surface area contributed by atoms with E-state index >= 15 is 0 Å². The van der Waals surface area contributed by atoms with E-state index in [1.54, 1.807) is 5.38 Å². The number of alkyl halides is 3. The van der Waals surface area contributed by atoms with E-state index in [2.05, 4.69) is 5.32 Å². The number of amides is 1. The predicted molar refractivity (Wildman–Crippen MR) is 75.7 cm³/mol. The van der Waals surface area contributed by atoms with Crippen LogP contribution in [0.3, 0.4) is 0 Å². The standard InChI is InChI=1S/C13H12F3NO2S2/c1-7-2-3-21-11(7)10(4-18)17-12(19)8-5-20-6-9(8)13(14,15)16/h2-3,5-6,10,18H,4H2,1H3,(H,17,19). The van der Waals surface area contributed by atoms with Crippen LogP contribution in [0.2, 0.25) is 0 Å². The Hall–Kier alpha value is -1.38. The Morgan fingerprint density at radius 3 is 2.67 bits per heavy atom. The molecule has 8 heteroatoms. The Bertz CT molecular complexity index is 633. The van der Waals surface area contributed by atoms with Gasteiger partial charge in [-0.2, -0.15) is 24.5 Å².